The van der Waals surface area contributed by atoms with Crippen LogP contribution in [0.3, 0.4) is 0 Å². The van der Waals surface area contributed by atoms with Crippen LogP contribution in [-0.2, 0) is 4.79 Å². The molecule has 1 amide bonds. The number of piperazine rings is 1. The van der Waals surface area contributed by atoms with Gasteiger partial charge in [-0.05, 0) is 6.92 Å². The lowest BCUT2D eigenvalue weighted by Crippen LogP contribution is -2.57. The molecule has 0 bridgehead atoms. The normalized spacial score (nSPS) is 29.9. The zero-order valence-electron chi connectivity index (χ0n) is 8.05. The van der Waals surface area contributed by atoms with E-state index < -0.39 is 0 Å². The lowest BCUT2D eigenvalue weighted by atomic mass is 10.0. The summed E-state index contributed by atoms with van der Waals surface area (Å²) in [6, 6.07) is 0.450. The number of amides is 1. The molecule has 0 aromatic rings. The van der Waals surface area contributed by atoms with Crippen LogP contribution >= 0.6 is 0 Å². The van der Waals surface area contributed by atoms with E-state index in [1.165, 1.54) is 0 Å². The van der Waals surface area contributed by atoms with Gasteiger partial charge in [-0.1, -0.05) is 0 Å². The molecule has 2 fully saturated rings. The van der Waals surface area contributed by atoms with Crippen molar-refractivity contribution in [2.24, 2.45) is 5.92 Å². The van der Waals surface area contributed by atoms with E-state index in [0.29, 0.717) is 11.9 Å². The Balaban J connectivity index is 1.87. The SMILES string of the molecule is CC1CN(C(=O)C2CNC2)CCN1. The van der Waals surface area contributed by atoms with E-state index in [1.54, 1.807) is 0 Å². The lowest BCUT2D eigenvalue weighted by molar-refractivity contribution is -0.138. The Morgan fingerprint density at radius 2 is 2.23 bits per heavy atom. The van der Waals surface area contributed by atoms with Gasteiger partial charge < -0.3 is 15.5 Å². The van der Waals surface area contributed by atoms with Gasteiger partial charge in [0.2, 0.25) is 5.91 Å². The van der Waals surface area contributed by atoms with Gasteiger partial charge in [0.05, 0.1) is 5.92 Å². The summed E-state index contributed by atoms with van der Waals surface area (Å²) in [5.74, 6) is 0.595. The summed E-state index contributed by atoms with van der Waals surface area (Å²) in [6.45, 7) is 6.55. The van der Waals surface area contributed by atoms with Crippen molar-refractivity contribution in [1.82, 2.24) is 15.5 Å². The molecule has 13 heavy (non-hydrogen) atoms. The summed E-state index contributed by atoms with van der Waals surface area (Å²) < 4.78 is 0. The Morgan fingerprint density at radius 3 is 2.77 bits per heavy atom. The van der Waals surface area contributed by atoms with Crippen molar-refractivity contribution >= 4 is 5.91 Å². The molecule has 0 aromatic carbocycles. The first-order chi connectivity index (χ1) is 6.27. The van der Waals surface area contributed by atoms with Crippen molar-refractivity contribution in [3.63, 3.8) is 0 Å². The van der Waals surface area contributed by atoms with Crippen LogP contribution in [0.15, 0.2) is 0 Å². The summed E-state index contributed by atoms with van der Waals surface area (Å²) >= 11 is 0. The van der Waals surface area contributed by atoms with Gasteiger partial charge in [0.25, 0.3) is 0 Å². The van der Waals surface area contributed by atoms with Gasteiger partial charge in [0, 0.05) is 38.8 Å². The van der Waals surface area contributed by atoms with E-state index in [9.17, 15) is 4.79 Å². The summed E-state index contributed by atoms with van der Waals surface area (Å²) in [6.07, 6.45) is 0. The summed E-state index contributed by atoms with van der Waals surface area (Å²) in [5, 5.41) is 6.46. The molecular weight excluding hydrogens is 166 g/mol. The number of nitrogens with one attached hydrogen (secondary N) is 2. The lowest BCUT2D eigenvalue weighted by Gasteiger charge is -2.37. The average Bonchev–Trinajstić information content (AvgIpc) is 2.01. The first kappa shape index (κ1) is 8.97. The Hall–Kier alpha value is -0.610. The van der Waals surface area contributed by atoms with Gasteiger partial charge in [-0.15, -0.1) is 0 Å². The summed E-state index contributed by atoms with van der Waals surface area (Å²) in [4.78, 5) is 13.8. The van der Waals surface area contributed by atoms with Crippen LogP contribution in [0.5, 0.6) is 0 Å². The van der Waals surface area contributed by atoms with Crippen LogP contribution in [0.2, 0.25) is 0 Å². The first-order valence-corrected chi connectivity index (χ1v) is 5.00. The number of carbonyl (C=O) groups excluding carboxylic acids is 1. The quantitative estimate of drug-likeness (QED) is 0.549. The molecule has 0 saturated carbocycles. The van der Waals surface area contributed by atoms with E-state index in [-0.39, 0.29) is 5.92 Å². The predicted molar refractivity (Wildman–Crippen MR) is 50.4 cm³/mol. The second-order valence-corrected chi connectivity index (χ2v) is 3.99. The molecule has 2 saturated heterocycles. The van der Waals surface area contributed by atoms with Crippen molar-refractivity contribution in [2.75, 3.05) is 32.7 Å². The van der Waals surface area contributed by atoms with Gasteiger partial charge in [-0.3, -0.25) is 4.79 Å². The van der Waals surface area contributed by atoms with Crippen LogP contribution in [0.4, 0.5) is 0 Å². The number of hydrogen-bond acceptors (Lipinski definition) is 3. The highest BCUT2D eigenvalue weighted by atomic mass is 16.2. The van der Waals surface area contributed by atoms with Crippen molar-refractivity contribution in [3.05, 3.63) is 0 Å². The van der Waals surface area contributed by atoms with Crippen molar-refractivity contribution in [3.8, 4) is 0 Å². The fourth-order valence-electron chi connectivity index (χ4n) is 1.85. The van der Waals surface area contributed by atoms with Gasteiger partial charge in [-0.25, -0.2) is 0 Å². The molecule has 0 aliphatic carbocycles. The molecular formula is C9H17N3O. The molecule has 0 spiro atoms. The minimum Gasteiger partial charge on any atom is -0.340 e. The smallest absolute Gasteiger partial charge is 0.228 e. The maximum Gasteiger partial charge on any atom is 0.228 e. The van der Waals surface area contributed by atoms with Crippen molar-refractivity contribution < 1.29 is 4.79 Å². The highest BCUT2D eigenvalue weighted by Gasteiger charge is 2.30. The van der Waals surface area contributed by atoms with Crippen LogP contribution in [0, 0.1) is 5.92 Å². The Bertz CT molecular complexity index is 203. The minimum atomic E-state index is 0.255. The zero-order valence-corrected chi connectivity index (χ0v) is 8.05. The molecule has 1 atom stereocenters. The molecule has 2 aliphatic rings. The second-order valence-electron chi connectivity index (χ2n) is 3.99. The van der Waals surface area contributed by atoms with E-state index in [2.05, 4.69) is 17.6 Å². The third kappa shape index (κ3) is 1.84. The molecule has 74 valence electrons. The molecule has 2 heterocycles. The van der Waals surface area contributed by atoms with Crippen molar-refractivity contribution in [1.29, 1.82) is 0 Å². The van der Waals surface area contributed by atoms with Gasteiger partial charge >= 0.3 is 0 Å². The highest BCUT2D eigenvalue weighted by Crippen LogP contribution is 2.10. The fraction of sp³-hybridized carbons (Fsp3) is 0.889. The molecule has 2 N–H and O–H groups in total. The van der Waals surface area contributed by atoms with E-state index in [0.717, 1.165) is 32.7 Å². The predicted octanol–water partition coefficient (Wildman–Crippen LogP) is -0.974. The Morgan fingerprint density at radius 1 is 1.46 bits per heavy atom. The van der Waals surface area contributed by atoms with Crippen LogP contribution < -0.4 is 10.6 Å². The minimum absolute atomic E-state index is 0.255. The monoisotopic (exact) mass is 183 g/mol. The molecule has 0 radical (unpaired) electrons. The third-order valence-electron chi connectivity index (χ3n) is 2.81. The van der Waals surface area contributed by atoms with Crippen molar-refractivity contribution in [2.45, 2.75) is 13.0 Å². The van der Waals surface area contributed by atoms with E-state index in [4.69, 9.17) is 0 Å². The average molecular weight is 183 g/mol. The number of rotatable bonds is 1. The van der Waals surface area contributed by atoms with Gasteiger partial charge in [-0.2, -0.15) is 0 Å². The Labute approximate surface area is 78.7 Å². The van der Waals surface area contributed by atoms with E-state index >= 15 is 0 Å². The van der Waals surface area contributed by atoms with Gasteiger partial charge in [0.15, 0.2) is 0 Å². The Kier molecular flexibility index (Phi) is 2.51. The molecule has 1 unspecified atom stereocenters. The first-order valence-electron chi connectivity index (χ1n) is 5.00. The molecule has 2 rings (SSSR count). The van der Waals surface area contributed by atoms with Gasteiger partial charge in [0.1, 0.15) is 0 Å². The maximum atomic E-state index is 11.8. The van der Waals surface area contributed by atoms with Crippen LogP contribution in [0.25, 0.3) is 0 Å². The molecule has 2 aliphatic heterocycles. The summed E-state index contributed by atoms with van der Waals surface area (Å²) in [7, 11) is 0. The topological polar surface area (TPSA) is 44.4 Å². The number of hydrogen-bond donors (Lipinski definition) is 2. The number of nitrogens with zero attached hydrogens (tertiary/aromatic N) is 1. The summed E-state index contributed by atoms with van der Waals surface area (Å²) in [5.41, 5.74) is 0. The standard InChI is InChI=1S/C9H17N3O/c1-7-6-12(3-2-11-7)9(13)8-4-10-5-8/h7-8,10-11H,2-6H2,1H3. The van der Waals surface area contributed by atoms with Crippen LogP contribution in [0.1, 0.15) is 6.92 Å². The zero-order chi connectivity index (χ0) is 9.26. The third-order valence-corrected chi connectivity index (χ3v) is 2.81. The molecule has 4 heteroatoms. The number of carbonyl (C=O) groups is 1. The molecule has 0 aromatic heterocycles. The highest BCUT2D eigenvalue weighted by molar-refractivity contribution is 5.80. The largest absolute Gasteiger partial charge is 0.340 e. The second kappa shape index (κ2) is 3.64. The fourth-order valence-corrected chi connectivity index (χ4v) is 1.85. The van der Waals surface area contributed by atoms with Crippen LogP contribution in [-0.4, -0.2) is 49.6 Å². The molecule has 4 nitrogen and oxygen atoms in total. The van der Waals surface area contributed by atoms with E-state index in [1.807, 2.05) is 4.90 Å². The maximum absolute atomic E-state index is 11.8.